The zero-order valence-corrected chi connectivity index (χ0v) is 16.3. The van der Waals surface area contributed by atoms with Gasteiger partial charge in [-0.1, -0.05) is 23.7 Å². The number of fused-ring (bicyclic) bond motifs is 1. The van der Waals surface area contributed by atoms with E-state index in [9.17, 15) is 9.18 Å². The van der Waals surface area contributed by atoms with Crippen molar-refractivity contribution in [2.45, 2.75) is 13.0 Å². The van der Waals surface area contributed by atoms with Crippen LogP contribution in [0.15, 0.2) is 36.4 Å². The number of halogens is 2. The predicted molar refractivity (Wildman–Crippen MR) is 105 cm³/mol. The summed E-state index contributed by atoms with van der Waals surface area (Å²) in [4.78, 5) is 17.1. The van der Waals surface area contributed by atoms with Gasteiger partial charge in [0.25, 0.3) is 5.91 Å². The first kappa shape index (κ1) is 19.0. The van der Waals surface area contributed by atoms with Crippen LogP contribution in [0.3, 0.4) is 0 Å². The summed E-state index contributed by atoms with van der Waals surface area (Å²) in [5.74, 6) is 0.748. The summed E-state index contributed by atoms with van der Waals surface area (Å²) in [7, 11) is 0. The first-order chi connectivity index (χ1) is 13.6. The highest BCUT2D eigenvalue weighted by atomic mass is 35.5. The summed E-state index contributed by atoms with van der Waals surface area (Å²) in [5.41, 5.74) is 1.58. The molecule has 0 atom stereocenters. The summed E-state index contributed by atoms with van der Waals surface area (Å²) < 4.78 is 24.2. The molecule has 2 heterocycles. The minimum Gasteiger partial charge on any atom is -0.486 e. The topological polar surface area (TPSA) is 42.0 Å². The second-order valence-corrected chi connectivity index (χ2v) is 7.44. The van der Waals surface area contributed by atoms with Gasteiger partial charge in [0.1, 0.15) is 19.0 Å². The van der Waals surface area contributed by atoms with Crippen molar-refractivity contribution in [3.63, 3.8) is 0 Å². The normalized spacial score (nSPS) is 17.3. The summed E-state index contributed by atoms with van der Waals surface area (Å²) >= 11 is 6.28. The van der Waals surface area contributed by atoms with E-state index in [2.05, 4.69) is 4.90 Å². The fraction of sp³-hybridized carbons (Fsp3) is 0.381. The fourth-order valence-electron chi connectivity index (χ4n) is 3.60. The molecule has 0 spiro atoms. The molecule has 0 saturated carbocycles. The maximum atomic E-state index is 13.1. The van der Waals surface area contributed by atoms with Crippen LogP contribution in [-0.2, 0) is 6.54 Å². The molecular formula is C21H22ClFN2O3. The molecule has 4 rings (SSSR count). The Labute approximate surface area is 168 Å². The molecule has 148 valence electrons. The van der Waals surface area contributed by atoms with Crippen molar-refractivity contribution in [3.8, 4) is 11.5 Å². The van der Waals surface area contributed by atoms with E-state index in [0.717, 1.165) is 31.6 Å². The Morgan fingerprint density at radius 3 is 2.64 bits per heavy atom. The maximum absolute atomic E-state index is 13.1. The smallest absolute Gasteiger partial charge is 0.254 e. The molecular weight excluding hydrogens is 383 g/mol. The Morgan fingerprint density at radius 1 is 1.04 bits per heavy atom. The van der Waals surface area contributed by atoms with Crippen molar-refractivity contribution in [1.29, 1.82) is 0 Å². The van der Waals surface area contributed by atoms with Crippen LogP contribution in [0.25, 0.3) is 0 Å². The van der Waals surface area contributed by atoms with E-state index >= 15 is 0 Å². The third-order valence-electron chi connectivity index (χ3n) is 5.04. The van der Waals surface area contributed by atoms with Gasteiger partial charge in [-0.3, -0.25) is 9.69 Å². The number of amides is 1. The lowest BCUT2D eigenvalue weighted by Gasteiger charge is -2.24. The first-order valence-corrected chi connectivity index (χ1v) is 9.83. The summed E-state index contributed by atoms with van der Waals surface area (Å²) in [6.45, 7) is 4.62. The maximum Gasteiger partial charge on any atom is 0.254 e. The number of rotatable bonds is 3. The third-order valence-corrected chi connectivity index (χ3v) is 5.32. The Balaban J connectivity index is 1.42. The number of carbonyl (C=O) groups is 1. The standard InChI is InChI=1S/C21H22ClFN2O3/c22-18-12-16(13-19-20(18)28-11-10-27-19)21(26)25-7-1-6-24(8-9-25)14-15-2-4-17(23)5-3-15/h2-5,12-13H,1,6-11,14H2. The number of nitrogens with zero attached hydrogens (tertiary/aromatic N) is 2. The van der Waals surface area contributed by atoms with E-state index in [4.69, 9.17) is 21.1 Å². The molecule has 0 aromatic heterocycles. The van der Waals surface area contributed by atoms with Crippen LogP contribution < -0.4 is 9.47 Å². The molecule has 2 aliphatic heterocycles. The largest absolute Gasteiger partial charge is 0.486 e. The number of carbonyl (C=O) groups excluding carboxylic acids is 1. The van der Waals surface area contributed by atoms with E-state index in [0.29, 0.717) is 48.4 Å². The van der Waals surface area contributed by atoms with Crippen LogP contribution in [0.2, 0.25) is 5.02 Å². The molecule has 1 fully saturated rings. The number of ether oxygens (including phenoxy) is 2. The van der Waals surface area contributed by atoms with Crippen LogP contribution in [0.1, 0.15) is 22.3 Å². The van der Waals surface area contributed by atoms with Crippen molar-refractivity contribution < 1.29 is 18.7 Å². The predicted octanol–water partition coefficient (Wildman–Crippen LogP) is 3.60. The molecule has 0 aliphatic carbocycles. The second-order valence-electron chi connectivity index (χ2n) is 7.03. The van der Waals surface area contributed by atoms with Gasteiger partial charge in [0.05, 0.1) is 5.02 Å². The third kappa shape index (κ3) is 4.23. The molecule has 2 aromatic rings. The van der Waals surface area contributed by atoms with Crippen LogP contribution >= 0.6 is 11.6 Å². The molecule has 5 nitrogen and oxygen atoms in total. The molecule has 28 heavy (non-hydrogen) atoms. The minimum atomic E-state index is -0.227. The zero-order valence-electron chi connectivity index (χ0n) is 15.5. The summed E-state index contributed by atoms with van der Waals surface area (Å²) in [6, 6.07) is 9.94. The molecule has 0 unspecified atom stereocenters. The molecule has 1 amide bonds. The Morgan fingerprint density at radius 2 is 1.82 bits per heavy atom. The molecule has 0 radical (unpaired) electrons. The number of benzene rings is 2. The highest BCUT2D eigenvalue weighted by molar-refractivity contribution is 6.32. The molecule has 2 aromatic carbocycles. The highest BCUT2D eigenvalue weighted by Crippen LogP contribution is 2.38. The molecule has 2 aliphatic rings. The van der Waals surface area contributed by atoms with Crippen molar-refractivity contribution in [1.82, 2.24) is 9.80 Å². The average Bonchev–Trinajstić information content (AvgIpc) is 2.95. The van der Waals surface area contributed by atoms with Gasteiger partial charge in [-0.15, -0.1) is 0 Å². The van der Waals surface area contributed by atoms with Crippen molar-refractivity contribution >= 4 is 17.5 Å². The molecule has 1 saturated heterocycles. The second kappa shape index (κ2) is 8.37. The summed E-state index contributed by atoms with van der Waals surface area (Å²) in [6.07, 6.45) is 0.880. The molecule has 7 heteroatoms. The van der Waals surface area contributed by atoms with Gasteiger partial charge in [-0.2, -0.15) is 0 Å². The van der Waals surface area contributed by atoms with Gasteiger partial charge >= 0.3 is 0 Å². The van der Waals surface area contributed by atoms with Gasteiger partial charge in [0.2, 0.25) is 0 Å². The van der Waals surface area contributed by atoms with Crippen molar-refractivity contribution in [3.05, 3.63) is 58.4 Å². The van der Waals surface area contributed by atoms with Gasteiger partial charge in [-0.25, -0.2) is 4.39 Å². The van der Waals surface area contributed by atoms with E-state index in [1.165, 1.54) is 12.1 Å². The number of hydrogen-bond donors (Lipinski definition) is 0. The van der Waals surface area contributed by atoms with Crippen LogP contribution in [0.5, 0.6) is 11.5 Å². The van der Waals surface area contributed by atoms with E-state index < -0.39 is 0 Å². The Kier molecular flexibility index (Phi) is 5.69. The quantitative estimate of drug-likeness (QED) is 0.784. The average molecular weight is 405 g/mol. The van der Waals surface area contributed by atoms with Crippen molar-refractivity contribution in [2.75, 3.05) is 39.4 Å². The Bertz CT molecular complexity index is 859. The highest BCUT2D eigenvalue weighted by Gasteiger charge is 2.24. The van der Waals surface area contributed by atoms with E-state index in [1.807, 2.05) is 4.90 Å². The van der Waals surface area contributed by atoms with Crippen molar-refractivity contribution in [2.24, 2.45) is 0 Å². The molecule has 0 N–H and O–H groups in total. The van der Waals surface area contributed by atoms with E-state index in [-0.39, 0.29) is 11.7 Å². The van der Waals surface area contributed by atoms with Gasteiger partial charge in [0.15, 0.2) is 11.5 Å². The fourth-order valence-corrected chi connectivity index (χ4v) is 3.86. The monoisotopic (exact) mass is 404 g/mol. The van der Waals surface area contributed by atoms with Gasteiger partial charge in [0, 0.05) is 38.3 Å². The van der Waals surface area contributed by atoms with Gasteiger partial charge < -0.3 is 14.4 Å². The van der Waals surface area contributed by atoms with Crippen LogP contribution in [0, 0.1) is 5.82 Å². The Hall–Kier alpha value is -2.31. The zero-order chi connectivity index (χ0) is 19.5. The van der Waals surface area contributed by atoms with Crippen LogP contribution in [0.4, 0.5) is 4.39 Å². The van der Waals surface area contributed by atoms with E-state index in [1.54, 1.807) is 24.3 Å². The lowest BCUT2D eigenvalue weighted by Crippen LogP contribution is -2.35. The first-order valence-electron chi connectivity index (χ1n) is 9.45. The SMILES string of the molecule is O=C(c1cc(Cl)c2c(c1)OCCO2)N1CCCN(Cc2ccc(F)cc2)CC1. The lowest BCUT2D eigenvalue weighted by molar-refractivity contribution is 0.0760. The van der Waals surface area contributed by atoms with Gasteiger partial charge in [-0.05, 0) is 36.2 Å². The summed E-state index contributed by atoms with van der Waals surface area (Å²) in [5, 5.41) is 0.397. The lowest BCUT2D eigenvalue weighted by atomic mass is 10.1. The van der Waals surface area contributed by atoms with Crippen LogP contribution in [-0.4, -0.2) is 55.1 Å². The number of hydrogen-bond acceptors (Lipinski definition) is 4. The minimum absolute atomic E-state index is 0.0532. The molecule has 0 bridgehead atoms.